The van der Waals surface area contributed by atoms with Crippen molar-refractivity contribution in [2.75, 3.05) is 26.4 Å². The number of carbonyl (C=O) groups is 1. The average molecular weight is 1260 g/mol. The van der Waals surface area contributed by atoms with Crippen LogP contribution in [0.4, 0.5) is 0 Å². The molecule has 3 aliphatic heterocycles. The minimum Gasteiger partial charge on any atom is -0.394 e. The van der Waals surface area contributed by atoms with Gasteiger partial charge in [-0.2, -0.15) is 0 Å². The fourth-order valence-electron chi connectivity index (χ4n) is 12.8. The van der Waals surface area contributed by atoms with E-state index < -0.39 is 124 Å². The summed E-state index contributed by atoms with van der Waals surface area (Å²) in [4.78, 5) is 13.3. The van der Waals surface area contributed by atoms with E-state index in [1.54, 1.807) is 0 Å². The first-order valence-corrected chi connectivity index (χ1v) is 36.3. The van der Waals surface area contributed by atoms with Gasteiger partial charge in [0.15, 0.2) is 18.9 Å². The summed E-state index contributed by atoms with van der Waals surface area (Å²) in [6.07, 6.45) is 30.0. The second kappa shape index (κ2) is 52.1. The van der Waals surface area contributed by atoms with Gasteiger partial charge in [-0.15, -0.1) is 0 Å². The lowest BCUT2D eigenvalue weighted by molar-refractivity contribution is -0.379. The molecule has 17 atom stereocenters. The summed E-state index contributed by atoms with van der Waals surface area (Å²) in [5.74, 6) is -0.240. The van der Waals surface area contributed by atoms with Crippen LogP contribution in [-0.2, 0) is 33.2 Å². The van der Waals surface area contributed by atoms with Crippen molar-refractivity contribution in [3.8, 4) is 0 Å². The molecule has 3 rings (SSSR count). The Labute approximate surface area is 532 Å². The molecule has 0 radical (unpaired) electrons. The third kappa shape index (κ3) is 33.8. The summed E-state index contributed by atoms with van der Waals surface area (Å²) in [6.45, 7) is 1.77. The maximum absolute atomic E-state index is 13.3. The summed E-state index contributed by atoms with van der Waals surface area (Å²) < 4.78 is 34.3. The van der Waals surface area contributed by atoms with E-state index in [1.165, 1.54) is 212 Å². The van der Waals surface area contributed by atoms with Crippen LogP contribution in [0.2, 0.25) is 0 Å². The summed E-state index contributed by atoms with van der Waals surface area (Å²) in [7, 11) is 0. The van der Waals surface area contributed by atoms with Crippen LogP contribution in [0.5, 0.6) is 0 Å². The van der Waals surface area contributed by atoms with E-state index in [2.05, 4.69) is 19.2 Å². The quantitative estimate of drug-likeness (QED) is 0.0252. The van der Waals surface area contributed by atoms with E-state index >= 15 is 0 Å². The normalized spacial score (nSPS) is 28.3. The third-order valence-corrected chi connectivity index (χ3v) is 18.7. The van der Waals surface area contributed by atoms with Gasteiger partial charge in [0.25, 0.3) is 0 Å². The molecule has 0 aromatic heterocycles. The molecule has 88 heavy (non-hydrogen) atoms. The fraction of sp³-hybridized carbons (Fsp3) is 0.986. The Morgan fingerprint density at radius 1 is 0.364 bits per heavy atom. The Morgan fingerprint density at radius 3 is 0.989 bits per heavy atom. The van der Waals surface area contributed by atoms with Gasteiger partial charge >= 0.3 is 0 Å². The number of carbonyl (C=O) groups excluding carboxylic acids is 1. The molecule has 0 spiro atoms. The van der Waals surface area contributed by atoms with E-state index in [1.807, 2.05) is 0 Å². The van der Waals surface area contributed by atoms with Crippen LogP contribution in [0.15, 0.2) is 0 Å². The largest absolute Gasteiger partial charge is 0.394 e. The molecular formula is C69H133NO18. The number of hydrogen-bond donors (Lipinski definition) is 12. The number of aliphatic hydroxyl groups is 11. The predicted molar refractivity (Wildman–Crippen MR) is 342 cm³/mol. The van der Waals surface area contributed by atoms with Crippen LogP contribution in [0, 0.1) is 0 Å². The van der Waals surface area contributed by atoms with Gasteiger partial charge in [-0.25, -0.2) is 0 Å². The molecule has 17 unspecified atom stereocenters. The lowest BCUT2D eigenvalue weighted by Gasteiger charge is -2.48. The SMILES string of the molecule is CCCCCCCCCCCCCCCCCCCCCCCCCCCCCCCCCCCCCCC(=O)NC(COC1OC(CO)C(OC2OC(CO)C(OC3OC(CO)C(O)C(O)C3O)C(O)C2O)C(O)C1O)C(O)CCCCCCCCC. The molecule has 0 aromatic rings. The van der Waals surface area contributed by atoms with Gasteiger partial charge in [0.05, 0.1) is 38.6 Å². The smallest absolute Gasteiger partial charge is 0.220 e. The Balaban J connectivity index is 1.25. The Kier molecular flexibility index (Phi) is 48.0. The number of aliphatic hydroxyl groups excluding tert-OH is 11. The lowest BCUT2D eigenvalue weighted by atomic mass is 9.96. The van der Waals surface area contributed by atoms with E-state index in [-0.39, 0.29) is 18.9 Å². The molecule has 3 aliphatic rings. The van der Waals surface area contributed by atoms with Gasteiger partial charge < -0.3 is 89.9 Å². The molecule has 0 bridgehead atoms. The highest BCUT2D eigenvalue weighted by Crippen LogP contribution is 2.33. The Morgan fingerprint density at radius 2 is 0.648 bits per heavy atom. The van der Waals surface area contributed by atoms with Crippen LogP contribution < -0.4 is 5.32 Å². The third-order valence-electron chi connectivity index (χ3n) is 18.7. The van der Waals surface area contributed by atoms with Crippen molar-refractivity contribution in [2.45, 2.75) is 407 Å². The fourth-order valence-corrected chi connectivity index (χ4v) is 12.8. The molecule has 0 aromatic carbocycles. The van der Waals surface area contributed by atoms with E-state index in [0.29, 0.717) is 12.8 Å². The van der Waals surface area contributed by atoms with Crippen molar-refractivity contribution in [1.82, 2.24) is 5.32 Å². The molecule has 0 saturated carbocycles. The maximum atomic E-state index is 13.3. The monoisotopic (exact) mass is 1260 g/mol. The van der Waals surface area contributed by atoms with Gasteiger partial charge in [-0.1, -0.05) is 284 Å². The van der Waals surface area contributed by atoms with Gasteiger partial charge in [0, 0.05) is 6.42 Å². The zero-order valence-corrected chi connectivity index (χ0v) is 55.2. The van der Waals surface area contributed by atoms with Crippen LogP contribution in [-0.4, -0.2) is 193 Å². The lowest BCUT2D eigenvalue weighted by Crippen LogP contribution is -2.66. The van der Waals surface area contributed by atoms with Crippen molar-refractivity contribution >= 4 is 5.91 Å². The molecule has 0 aliphatic carbocycles. The highest BCUT2D eigenvalue weighted by Gasteiger charge is 2.53. The minimum absolute atomic E-state index is 0.240. The average Bonchev–Trinajstić information content (AvgIpc) is 3.09. The van der Waals surface area contributed by atoms with Crippen LogP contribution in [0.25, 0.3) is 0 Å². The molecule has 19 nitrogen and oxygen atoms in total. The molecular weight excluding hydrogens is 1130 g/mol. The minimum atomic E-state index is -1.97. The predicted octanol–water partition coefficient (Wildman–Crippen LogP) is 9.89. The molecule has 12 N–H and O–H groups in total. The summed E-state index contributed by atoms with van der Waals surface area (Å²) in [5, 5.41) is 120. The van der Waals surface area contributed by atoms with E-state index in [4.69, 9.17) is 28.4 Å². The zero-order valence-electron chi connectivity index (χ0n) is 55.2. The highest BCUT2D eigenvalue weighted by molar-refractivity contribution is 5.76. The number of ether oxygens (including phenoxy) is 6. The van der Waals surface area contributed by atoms with Crippen molar-refractivity contribution in [1.29, 1.82) is 0 Å². The number of rotatable bonds is 57. The second-order valence-corrected chi connectivity index (χ2v) is 26.4. The van der Waals surface area contributed by atoms with E-state index in [9.17, 15) is 61.0 Å². The molecule has 3 saturated heterocycles. The van der Waals surface area contributed by atoms with Crippen molar-refractivity contribution in [3.63, 3.8) is 0 Å². The summed E-state index contributed by atoms with van der Waals surface area (Å²) in [5.41, 5.74) is 0. The standard InChI is InChI=1S/C69H133NO18/c1-3-5-7-9-11-12-13-14-15-16-17-18-19-20-21-22-23-24-25-26-27-28-29-30-31-32-33-34-35-36-37-38-39-41-43-45-47-57(75)70-52(53(74)46-44-42-40-10-8-6-4-2)51-83-67-63(81)60(78)65(55(49-72)85-67)88-69-64(82)61(79)66(56(50-73)86-69)87-68-62(80)59(77)58(76)54(48-71)84-68/h52-56,58-69,71-74,76-82H,3-51H2,1-2H3,(H,70,75). The highest BCUT2D eigenvalue weighted by atomic mass is 16.8. The van der Waals surface area contributed by atoms with Gasteiger partial charge in [-0.3, -0.25) is 4.79 Å². The Bertz CT molecular complexity index is 1600. The molecule has 3 fully saturated rings. The van der Waals surface area contributed by atoms with Crippen LogP contribution >= 0.6 is 0 Å². The van der Waals surface area contributed by atoms with Gasteiger partial charge in [0.2, 0.25) is 5.91 Å². The molecule has 522 valence electrons. The summed E-state index contributed by atoms with van der Waals surface area (Å²) in [6, 6.07) is -0.879. The molecule has 1 amide bonds. The number of hydrogen-bond acceptors (Lipinski definition) is 18. The van der Waals surface area contributed by atoms with Gasteiger partial charge in [0.1, 0.15) is 73.2 Å². The number of amides is 1. The number of nitrogens with one attached hydrogen (secondary N) is 1. The van der Waals surface area contributed by atoms with Crippen LogP contribution in [0.1, 0.15) is 303 Å². The van der Waals surface area contributed by atoms with Crippen molar-refractivity contribution in [3.05, 3.63) is 0 Å². The van der Waals surface area contributed by atoms with Crippen LogP contribution in [0.3, 0.4) is 0 Å². The first-order valence-electron chi connectivity index (χ1n) is 36.3. The second-order valence-electron chi connectivity index (χ2n) is 26.4. The number of unbranched alkanes of at least 4 members (excludes halogenated alkanes) is 41. The molecule has 3 heterocycles. The summed E-state index contributed by atoms with van der Waals surface area (Å²) >= 11 is 0. The van der Waals surface area contributed by atoms with Crippen molar-refractivity contribution < 1.29 is 89.4 Å². The maximum Gasteiger partial charge on any atom is 0.220 e. The first kappa shape index (κ1) is 81.0. The molecule has 19 heteroatoms. The first-order chi connectivity index (χ1) is 42.8. The van der Waals surface area contributed by atoms with Gasteiger partial charge in [-0.05, 0) is 12.8 Å². The van der Waals surface area contributed by atoms with Crippen molar-refractivity contribution in [2.24, 2.45) is 0 Å². The Hall–Kier alpha value is -1.21. The van der Waals surface area contributed by atoms with E-state index in [0.717, 1.165) is 57.8 Å². The zero-order chi connectivity index (χ0) is 64.0. The topological polar surface area (TPSA) is 307 Å².